The Kier molecular flexibility index (Phi) is 6.44. The number of amides is 1. The van der Waals surface area contributed by atoms with Crippen molar-refractivity contribution < 1.29 is 4.79 Å². The molecular weight excluding hydrogens is 486 g/mol. The van der Waals surface area contributed by atoms with Crippen molar-refractivity contribution in [3.05, 3.63) is 71.4 Å². The summed E-state index contributed by atoms with van der Waals surface area (Å²) in [7, 11) is 0. The molecule has 4 heterocycles. The van der Waals surface area contributed by atoms with E-state index < -0.39 is 0 Å². The normalized spacial score (nSPS) is 18.9. The van der Waals surface area contributed by atoms with Gasteiger partial charge in [-0.1, -0.05) is 54.1 Å². The summed E-state index contributed by atoms with van der Waals surface area (Å²) in [6.07, 6.45) is 3.95. The van der Waals surface area contributed by atoms with Crippen LogP contribution in [0.1, 0.15) is 24.3 Å². The number of nitrogens with two attached hydrogens (primary N) is 1. The van der Waals surface area contributed by atoms with Crippen LogP contribution in [0.25, 0.3) is 22.2 Å². The monoisotopic (exact) mass is 515 g/mol. The molecule has 2 fully saturated rings. The number of benzene rings is 2. The molecule has 1 amide bonds. The Labute approximate surface area is 220 Å². The van der Waals surface area contributed by atoms with Gasteiger partial charge in [0.2, 0.25) is 5.91 Å². The number of rotatable bonds is 5. The smallest absolute Gasteiger partial charge is 0.231 e. The van der Waals surface area contributed by atoms with Gasteiger partial charge in [0.15, 0.2) is 5.65 Å². The van der Waals surface area contributed by atoms with Crippen molar-refractivity contribution in [2.75, 3.05) is 43.4 Å². The third kappa shape index (κ3) is 4.51. The van der Waals surface area contributed by atoms with Crippen LogP contribution in [-0.4, -0.2) is 64.8 Å². The highest BCUT2D eigenvalue weighted by Crippen LogP contribution is 2.39. The van der Waals surface area contributed by atoms with Crippen LogP contribution in [-0.2, 0) is 4.79 Å². The topological polar surface area (TPSA) is 103 Å². The molecule has 0 bridgehead atoms. The Balaban J connectivity index is 1.28. The fourth-order valence-corrected chi connectivity index (χ4v) is 5.84. The van der Waals surface area contributed by atoms with Crippen LogP contribution in [0.3, 0.4) is 0 Å². The van der Waals surface area contributed by atoms with Crippen LogP contribution in [0.4, 0.5) is 11.5 Å². The largest absolute Gasteiger partial charge is 0.383 e. The van der Waals surface area contributed by atoms with E-state index in [0.29, 0.717) is 42.7 Å². The average molecular weight is 516 g/mol. The number of carbonyl (C=O) groups excluding carboxylic acids is 1. The molecular formula is C28H30ClN7O. The third-order valence-electron chi connectivity index (χ3n) is 7.57. The minimum atomic E-state index is -0.219. The highest BCUT2D eigenvalue weighted by Gasteiger charge is 2.36. The minimum Gasteiger partial charge on any atom is -0.383 e. The lowest BCUT2D eigenvalue weighted by molar-refractivity contribution is -0.133. The maximum absolute atomic E-state index is 13.9. The molecule has 0 radical (unpaired) electrons. The van der Waals surface area contributed by atoms with E-state index in [9.17, 15) is 4.79 Å². The first-order valence-corrected chi connectivity index (χ1v) is 13.2. The molecule has 9 heteroatoms. The number of halogens is 1. The summed E-state index contributed by atoms with van der Waals surface area (Å²) in [4.78, 5) is 22.8. The van der Waals surface area contributed by atoms with Gasteiger partial charge in [-0.15, -0.1) is 0 Å². The van der Waals surface area contributed by atoms with Crippen LogP contribution in [0.15, 0.2) is 60.8 Å². The second kappa shape index (κ2) is 10.0. The van der Waals surface area contributed by atoms with Gasteiger partial charge in [-0.2, -0.15) is 5.10 Å². The van der Waals surface area contributed by atoms with Crippen molar-refractivity contribution >= 4 is 40.0 Å². The van der Waals surface area contributed by atoms with E-state index in [0.717, 1.165) is 47.2 Å². The second-order valence-corrected chi connectivity index (χ2v) is 10.2. The molecule has 2 saturated heterocycles. The van der Waals surface area contributed by atoms with Crippen LogP contribution in [0.5, 0.6) is 0 Å². The van der Waals surface area contributed by atoms with Crippen molar-refractivity contribution in [3.63, 3.8) is 0 Å². The van der Waals surface area contributed by atoms with Gasteiger partial charge in [0.05, 0.1) is 17.0 Å². The Morgan fingerprint density at radius 1 is 1.05 bits per heavy atom. The van der Waals surface area contributed by atoms with Gasteiger partial charge in [-0.3, -0.25) is 9.89 Å². The molecule has 2 unspecified atom stereocenters. The molecule has 2 aromatic carbocycles. The van der Waals surface area contributed by atoms with E-state index in [1.54, 1.807) is 0 Å². The zero-order valence-corrected chi connectivity index (χ0v) is 21.3. The summed E-state index contributed by atoms with van der Waals surface area (Å²) in [6.45, 7) is 3.60. The Morgan fingerprint density at radius 3 is 2.51 bits per heavy atom. The molecule has 2 aliphatic heterocycles. The number of carbonyl (C=O) groups is 1. The van der Waals surface area contributed by atoms with Gasteiger partial charge in [0, 0.05) is 49.0 Å². The van der Waals surface area contributed by atoms with E-state index in [2.05, 4.69) is 37.5 Å². The Morgan fingerprint density at radius 2 is 1.81 bits per heavy atom. The fourth-order valence-electron chi connectivity index (χ4n) is 5.71. The summed E-state index contributed by atoms with van der Waals surface area (Å²) in [5.74, 6) is 0.458. The summed E-state index contributed by atoms with van der Waals surface area (Å²) >= 11 is 6.14. The third-order valence-corrected chi connectivity index (χ3v) is 7.82. The van der Waals surface area contributed by atoms with E-state index >= 15 is 0 Å². The summed E-state index contributed by atoms with van der Waals surface area (Å²) in [5, 5.41) is 12.2. The number of piperazine rings is 1. The van der Waals surface area contributed by atoms with Gasteiger partial charge in [0.1, 0.15) is 5.82 Å². The number of nitrogens with zero attached hydrogens (tertiary/aromatic N) is 4. The van der Waals surface area contributed by atoms with Crippen molar-refractivity contribution in [1.29, 1.82) is 0 Å². The zero-order chi connectivity index (χ0) is 25.4. The fraction of sp³-hybridized carbons (Fsp3) is 0.321. The number of fused-ring (bicyclic) bond motifs is 1. The Bertz CT molecular complexity index is 1390. The van der Waals surface area contributed by atoms with E-state index in [-0.39, 0.29) is 17.9 Å². The highest BCUT2D eigenvalue weighted by atomic mass is 35.5. The number of aromatic amines is 1. The van der Waals surface area contributed by atoms with Crippen LogP contribution in [0, 0.1) is 0 Å². The molecule has 2 atom stereocenters. The molecule has 4 N–H and O–H groups in total. The quantitative estimate of drug-likeness (QED) is 0.370. The number of aromatic nitrogens is 3. The standard InChI is InChI=1S/C28H30ClN7O/c29-20-10-8-19(9-11-20)23(22-7-4-12-31-22)28(37)36-15-13-35(14-16-36)25-21(18-5-2-1-3-6-18)17-32-27-24(25)26(30)33-34-27/h1-3,5-6,8-11,17,22-23,31H,4,7,12-16H2,(H3,30,32,33,34). The minimum absolute atomic E-state index is 0.141. The zero-order valence-electron chi connectivity index (χ0n) is 20.5. The lowest BCUT2D eigenvalue weighted by atomic mass is 9.89. The molecule has 37 heavy (non-hydrogen) atoms. The maximum Gasteiger partial charge on any atom is 0.231 e. The molecule has 2 aromatic heterocycles. The highest BCUT2D eigenvalue weighted by molar-refractivity contribution is 6.30. The van der Waals surface area contributed by atoms with Gasteiger partial charge in [0.25, 0.3) is 0 Å². The van der Waals surface area contributed by atoms with Crippen molar-refractivity contribution in [1.82, 2.24) is 25.4 Å². The molecule has 0 spiro atoms. The number of hydrogen-bond acceptors (Lipinski definition) is 6. The second-order valence-electron chi connectivity index (χ2n) is 9.77. The summed E-state index contributed by atoms with van der Waals surface area (Å²) in [6, 6.07) is 18.1. The lowest BCUT2D eigenvalue weighted by Crippen LogP contribution is -2.52. The molecule has 190 valence electrons. The number of H-pyrrole nitrogens is 1. The van der Waals surface area contributed by atoms with Crippen molar-refractivity contribution in [2.45, 2.75) is 24.8 Å². The van der Waals surface area contributed by atoms with Gasteiger partial charge < -0.3 is 20.9 Å². The van der Waals surface area contributed by atoms with E-state index in [4.69, 9.17) is 17.3 Å². The van der Waals surface area contributed by atoms with Gasteiger partial charge in [-0.05, 0) is 42.6 Å². The van der Waals surface area contributed by atoms with Crippen LogP contribution in [0.2, 0.25) is 5.02 Å². The van der Waals surface area contributed by atoms with E-state index in [1.165, 1.54) is 0 Å². The first-order chi connectivity index (χ1) is 18.1. The first kappa shape index (κ1) is 23.8. The molecule has 8 nitrogen and oxygen atoms in total. The average Bonchev–Trinajstić information content (AvgIpc) is 3.60. The lowest BCUT2D eigenvalue weighted by Gasteiger charge is -2.39. The molecule has 2 aliphatic rings. The summed E-state index contributed by atoms with van der Waals surface area (Å²) < 4.78 is 0. The number of anilines is 2. The molecule has 0 aliphatic carbocycles. The number of hydrogen-bond donors (Lipinski definition) is 3. The number of pyridine rings is 1. The molecule has 4 aromatic rings. The SMILES string of the molecule is Nc1[nH]nc2ncc(-c3ccccc3)c(N3CCN(C(=O)C(c4ccc(Cl)cc4)C4CCCN4)CC3)c12. The maximum atomic E-state index is 13.9. The Hall–Kier alpha value is -3.62. The van der Waals surface area contributed by atoms with Gasteiger partial charge >= 0.3 is 0 Å². The number of nitrogens with one attached hydrogen (secondary N) is 2. The van der Waals surface area contributed by atoms with E-state index in [1.807, 2.05) is 53.6 Å². The van der Waals surface area contributed by atoms with Gasteiger partial charge in [-0.25, -0.2) is 4.98 Å². The number of nitrogen functional groups attached to an aromatic ring is 1. The molecule has 6 rings (SSSR count). The molecule has 0 saturated carbocycles. The van der Waals surface area contributed by atoms with Crippen molar-refractivity contribution in [2.24, 2.45) is 0 Å². The summed E-state index contributed by atoms with van der Waals surface area (Å²) in [5.41, 5.74) is 11.0. The predicted octanol–water partition coefficient (Wildman–Crippen LogP) is 4.04. The first-order valence-electron chi connectivity index (χ1n) is 12.8. The van der Waals surface area contributed by atoms with Crippen LogP contribution >= 0.6 is 11.6 Å². The predicted molar refractivity (Wildman–Crippen MR) is 148 cm³/mol. The van der Waals surface area contributed by atoms with Crippen molar-refractivity contribution in [3.8, 4) is 11.1 Å². The van der Waals surface area contributed by atoms with Crippen LogP contribution < -0.4 is 16.0 Å².